The third-order valence-corrected chi connectivity index (χ3v) is 3.82. The molecule has 2 aromatic rings. The van der Waals surface area contributed by atoms with Gasteiger partial charge in [-0.05, 0) is 18.9 Å². The van der Waals surface area contributed by atoms with Gasteiger partial charge in [-0.15, -0.1) is 5.10 Å². The zero-order chi connectivity index (χ0) is 17.3. The van der Waals surface area contributed by atoms with Crippen molar-refractivity contribution in [1.82, 2.24) is 19.9 Å². The van der Waals surface area contributed by atoms with Crippen LogP contribution in [-0.4, -0.2) is 54.4 Å². The van der Waals surface area contributed by atoms with Crippen LogP contribution in [0.4, 0.5) is 5.69 Å². The molecule has 2 heterocycles. The number of likely N-dealkylation sites (tertiary alicyclic amines) is 1. The van der Waals surface area contributed by atoms with E-state index >= 15 is 0 Å². The molecule has 0 unspecified atom stereocenters. The maximum absolute atomic E-state index is 12.4. The van der Waals surface area contributed by atoms with E-state index < -0.39 is 22.8 Å². The van der Waals surface area contributed by atoms with Gasteiger partial charge in [0.15, 0.2) is 5.69 Å². The summed E-state index contributed by atoms with van der Waals surface area (Å²) in [4.78, 5) is 35.1. The van der Waals surface area contributed by atoms with Crippen molar-refractivity contribution in [2.45, 2.75) is 18.9 Å². The summed E-state index contributed by atoms with van der Waals surface area (Å²) in [5.74, 6) is -1.57. The van der Waals surface area contributed by atoms with Gasteiger partial charge >= 0.3 is 5.97 Å². The van der Waals surface area contributed by atoms with Gasteiger partial charge in [-0.3, -0.25) is 14.9 Å². The number of carboxylic acid groups (broad SMARTS) is 1. The standard InChI is InChI=1S/C14H13N5O5/c20-13(17-6-2-5-12(17)14(21)22)11-8-18(16-15-11)9-3-1-4-10(7-9)19(23)24/h1,3-4,7-8,12H,2,5-6H2,(H,21,22)/t12-/m0/s1. The molecule has 24 heavy (non-hydrogen) atoms. The number of nitro benzene ring substituents is 1. The molecule has 0 aliphatic carbocycles. The lowest BCUT2D eigenvalue weighted by molar-refractivity contribution is -0.384. The van der Waals surface area contributed by atoms with E-state index in [0.29, 0.717) is 25.1 Å². The molecule has 0 saturated carbocycles. The third-order valence-electron chi connectivity index (χ3n) is 3.82. The van der Waals surface area contributed by atoms with Crippen LogP contribution in [0.5, 0.6) is 0 Å². The van der Waals surface area contributed by atoms with Crippen LogP contribution in [0.25, 0.3) is 5.69 Å². The maximum Gasteiger partial charge on any atom is 0.326 e. The van der Waals surface area contributed by atoms with Crippen LogP contribution in [0.3, 0.4) is 0 Å². The summed E-state index contributed by atoms with van der Waals surface area (Å²) in [5.41, 5.74) is 0.267. The fourth-order valence-corrected chi connectivity index (χ4v) is 2.65. The zero-order valence-corrected chi connectivity index (χ0v) is 12.4. The second-order valence-corrected chi connectivity index (χ2v) is 5.32. The molecule has 1 N–H and O–H groups in total. The lowest BCUT2D eigenvalue weighted by Gasteiger charge is -2.19. The first-order valence-electron chi connectivity index (χ1n) is 7.18. The van der Waals surface area contributed by atoms with E-state index in [4.69, 9.17) is 5.11 Å². The fourth-order valence-electron chi connectivity index (χ4n) is 2.65. The average molecular weight is 331 g/mol. The zero-order valence-electron chi connectivity index (χ0n) is 12.4. The van der Waals surface area contributed by atoms with Crippen molar-refractivity contribution in [2.24, 2.45) is 0 Å². The van der Waals surface area contributed by atoms with Crippen LogP contribution < -0.4 is 0 Å². The number of hydrogen-bond acceptors (Lipinski definition) is 6. The van der Waals surface area contributed by atoms with Crippen LogP contribution in [-0.2, 0) is 4.79 Å². The minimum Gasteiger partial charge on any atom is -0.480 e. The Morgan fingerprint density at radius 3 is 2.88 bits per heavy atom. The van der Waals surface area contributed by atoms with Gasteiger partial charge in [-0.2, -0.15) is 0 Å². The number of aromatic nitrogens is 3. The largest absolute Gasteiger partial charge is 0.480 e. The first-order valence-corrected chi connectivity index (χ1v) is 7.18. The summed E-state index contributed by atoms with van der Waals surface area (Å²) in [6.45, 7) is 0.347. The number of hydrogen-bond donors (Lipinski definition) is 1. The Balaban J connectivity index is 1.85. The van der Waals surface area contributed by atoms with E-state index in [-0.39, 0.29) is 11.4 Å². The number of amides is 1. The summed E-state index contributed by atoms with van der Waals surface area (Å²) in [6.07, 6.45) is 2.35. The molecule has 10 heteroatoms. The highest BCUT2D eigenvalue weighted by Gasteiger charge is 2.35. The van der Waals surface area contributed by atoms with Crippen molar-refractivity contribution in [2.75, 3.05) is 6.54 Å². The molecule has 1 amide bonds. The van der Waals surface area contributed by atoms with Gasteiger partial charge < -0.3 is 10.0 Å². The first kappa shape index (κ1) is 15.6. The minimum atomic E-state index is -1.05. The van der Waals surface area contributed by atoms with E-state index in [9.17, 15) is 19.7 Å². The average Bonchev–Trinajstić information content (AvgIpc) is 3.23. The molecule has 124 valence electrons. The van der Waals surface area contributed by atoms with Crippen LogP contribution >= 0.6 is 0 Å². The molecule has 1 aliphatic heterocycles. The highest BCUT2D eigenvalue weighted by Crippen LogP contribution is 2.20. The number of rotatable bonds is 4. The lowest BCUT2D eigenvalue weighted by atomic mass is 10.2. The molecule has 1 fully saturated rings. The molecule has 0 spiro atoms. The predicted molar refractivity (Wildman–Crippen MR) is 79.7 cm³/mol. The molecule has 3 rings (SSSR count). The smallest absolute Gasteiger partial charge is 0.326 e. The minimum absolute atomic E-state index is 0.00495. The summed E-state index contributed by atoms with van der Waals surface area (Å²) in [5, 5.41) is 27.5. The molecule has 1 aliphatic rings. The molecule has 1 aromatic carbocycles. The number of carbonyl (C=O) groups is 2. The number of aliphatic carboxylic acids is 1. The normalized spacial score (nSPS) is 17.0. The Kier molecular flexibility index (Phi) is 3.94. The number of nitro groups is 1. The van der Waals surface area contributed by atoms with Crippen LogP contribution in [0, 0.1) is 10.1 Å². The van der Waals surface area contributed by atoms with Crippen molar-refractivity contribution < 1.29 is 19.6 Å². The summed E-state index contributed by atoms with van der Waals surface area (Å²) in [7, 11) is 0. The van der Waals surface area contributed by atoms with Gasteiger partial charge in [-0.25, -0.2) is 9.48 Å². The highest BCUT2D eigenvalue weighted by atomic mass is 16.6. The Labute approximate surface area is 135 Å². The maximum atomic E-state index is 12.4. The van der Waals surface area contributed by atoms with Crippen molar-refractivity contribution in [3.05, 3.63) is 46.3 Å². The predicted octanol–water partition coefficient (Wildman–Crippen LogP) is 0.865. The van der Waals surface area contributed by atoms with Gasteiger partial charge in [0.1, 0.15) is 6.04 Å². The summed E-state index contributed by atoms with van der Waals surface area (Å²) in [6, 6.07) is 4.87. The Morgan fingerprint density at radius 1 is 1.38 bits per heavy atom. The van der Waals surface area contributed by atoms with Gasteiger partial charge in [-0.1, -0.05) is 11.3 Å². The van der Waals surface area contributed by atoms with E-state index in [1.165, 1.54) is 34.0 Å². The molecule has 1 saturated heterocycles. The number of nitrogens with zero attached hydrogens (tertiary/aromatic N) is 5. The van der Waals surface area contributed by atoms with Gasteiger partial charge in [0, 0.05) is 18.7 Å². The third kappa shape index (κ3) is 2.81. The molecule has 10 nitrogen and oxygen atoms in total. The second-order valence-electron chi connectivity index (χ2n) is 5.32. The molecular weight excluding hydrogens is 318 g/mol. The van der Waals surface area contributed by atoms with E-state index in [2.05, 4.69) is 10.3 Å². The van der Waals surface area contributed by atoms with Crippen LogP contribution in [0.2, 0.25) is 0 Å². The monoisotopic (exact) mass is 331 g/mol. The van der Waals surface area contributed by atoms with Crippen LogP contribution in [0.1, 0.15) is 23.3 Å². The molecule has 0 radical (unpaired) electrons. The number of carbonyl (C=O) groups excluding carboxylic acids is 1. The van der Waals surface area contributed by atoms with Crippen molar-refractivity contribution in [1.29, 1.82) is 0 Å². The summed E-state index contributed by atoms with van der Waals surface area (Å²) >= 11 is 0. The summed E-state index contributed by atoms with van der Waals surface area (Å²) < 4.78 is 1.24. The van der Waals surface area contributed by atoms with E-state index in [1.54, 1.807) is 6.07 Å². The van der Waals surface area contributed by atoms with E-state index in [1.807, 2.05) is 0 Å². The number of non-ortho nitro benzene ring substituents is 1. The van der Waals surface area contributed by atoms with Crippen molar-refractivity contribution in [3.63, 3.8) is 0 Å². The fraction of sp³-hybridized carbons (Fsp3) is 0.286. The SMILES string of the molecule is O=C(O)[C@@H]1CCCN1C(=O)c1cn(-c2cccc([N+](=O)[O-])c2)nn1. The van der Waals surface area contributed by atoms with Gasteiger partial charge in [0.2, 0.25) is 0 Å². The Hall–Kier alpha value is -3.30. The lowest BCUT2D eigenvalue weighted by Crippen LogP contribution is -2.40. The van der Waals surface area contributed by atoms with Gasteiger partial charge in [0.05, 0.1) is 16.8 Å². The molecule has 1 atom stereocenters. The Bertz CT molecular complexity index is 817. The molecule has 0 bridgehead atoms. The number of carboxylic acids is 1. The van der Waals surface area contributed by atoms with E-state index in [0.717, 1.165) is 0 Å². The van der Waals surface area contributed by atoms with Crippen molar-refractivity contribution >= 4 is 17.6 Å². The molecule has 1 aromatic heterocycles. The molecular formula is C14H13N5O5. The Morgan fingerprint density at radius 2 is 2.17 bits per heavy atom. The highest BCUT2D eigenvalue weighted by molar-refractivity contribution is 5.95. The van der Waals surface area contributed by atoms with Crippen LogP contribution in [0.15, 0.2) is 30.5 Å². The second kappa shape index (κ2) is 6.07. The first-order chi connectivity index (χ1) is 11.5. The number of benzene rings is 1. The van der Waals surface area contributed by atoms with Crippen molar-refractivity contribution in [3.8, 4) is 5.69 Å². The van der Waals surface area contributed by atoms with Gasteiger partial charge in [0.25, 0.3) is 11.6 Å². The topological polar surface area (TPSA) is 131 Å². The quantitative estimate of drug-likeness (QED) is 0.649.